The van der Waals surface area contributed by atoms with Crippen LogP contribution in [0.1, 0.15) is 22.4 Å². The second-order valence-corrected chi connectivity index (χ2v) is 6.26. The van der Waals surface area contributed by atoms with Crippen molar-refractivity contribution in [3.63, 3.8) is 0 Å². The molecule has 4 nitrogen and oxygen atoms in total. The molecule has 0 unspecified atom stereocenters. The molecule has 1 heterocycles. The molecule has 0 aliphatic rings. The van der Waals surface area contributed by atoms with Gasteiger partial charge in [-0.1, -0.05) is 6.07 Å². The lowest BCUT2D eigenvalue weighted by atomic mass is 10.1. The van der Waals surface area contributed by atoms with Gasteiger partial charge in [0.25, 0.3) is 0 Å². The summed E-state index contributed by atoms with van der Waals surface area (Å²) in [5, 5.41) is 7.12. The fourth-order valence-electron chi connectivity index (χ4n) is 2.04. The normalized spacial score (nSPS) is 11.1. The van der Waals surface area contributed by atoms with Gasteiger partial charge in [0, 0.05) is 29.7 Å². The molecule has 2 rings (SSSR count). The van der Waals surface area contributed by atoms with Crippen molar-refractivity contribution in [3.8, 4) is 0 Å². The molecule has 1 aromatic heterocycles. The minimum atomic E-state index is -0.521. The molecule has 0 aliphatic carbocycles. The summed E-state index contributed by atoms with van der Waals surface area (Å²) in [7, 11) is 0. The van der Waals surface area contributed by atoms with Crippen molar-refractivity contribution in [1.29, 1.82) is 0 Å². The molecule has 1 aromatic carbocycles. The van der Waals surface area contributed by atoms with Crippen molar-refractivity contribution in [3.05, 3.63) is 51.5 Å². The van der Waals surface area contributed by atoms with Gasteiger partial charge in [0.2, 0.25) is 0 Å². The summed E-state index contributed by atoms with van der Waals surface area (Å²) in [5.74, 6) is -0.434. The van der Waals surface area contributed by atoms with Crippen LogP contribution < -0.4 is 10.6 Å². The van der Waals surface area contributed by atoms with E-state index in [1.807, 2.05) is 20.0 Å². The van der Waals surface area contributed by atoms with Gasteiger partial charge in [-0.2, -0.15) is 0 Å². The molecule has 0 saturated heterocycles. The van der Waals surface area contributed by atoms with Gasteiger partial charge in [-0.15, -0.1) is 35.3 Å². The van der Waals surface area contributed by atoms with Crippen LogP contribution in [0.25, 0.3) is 0 Å². The van der Waals surface area contributed by atoms with Crippen molar-refractivity contribution in [2.24, 2.45) is 4.99 Å². The lowest BCUT2D eigenvalue weighted by molar-refractivity contribution is 0.553. The van der Waals surface area contributed by atoms with Gasteiger partial charge in [-0.05, 0) is 32.4 Å². The highest BCUT2D eigenvalue weighted by molar-refractivity contribution is 14.0. The third-order valence-corrected chi connectivity index (χ3v) is 4.01. The predicted octanol–water partition coefficient (Wildman–Crippen LogP) is 3.65. The summed E-state index contributed by atoms with van der Waals surface area (Å²) in [6.45, 7) is 5.53. The van der Waals surface area contributed by atoms with E-state index in [4.69, 9.17) is 0 Å². The van der Waals surface area contributed by atoms with Crippen LogP contribution in [-0.2, 0) is 13.0 Å². The van der Waals surface area contributed by atoms with E-state index in [1.165, 1.54) is 18.2 Å². The molecule has 2 N–H and O–H groups in total. The van der Waals surface area contributed by atoms with Gasteiger partial charge in [-0.3, -0.25) is 0 Å². The Morgan fingerprint density at radius 2 is 1.96 bits per heavy atom. The zero-order valence-corrected chi connectivity index (χ0v) is 16.8. The van der Waals surface area contributed by atoms with Crippen LogP contribution in [-0.4, -0.2) is 24.0 Å². The maximum atomic E-state index is 13.6. The molecule has 132 valence electrons. The summed E-state index contributed by atoms with van der Waals surface area (Å²) in [5.41, 5.74) is 0.0893. The monoisotopic (exact) mass is 466 g/mol. The molecular formula is C16H21F2IN4S. The lowest BCUT2D eigenvalue weighted by Crippen LogP contribution is -2.38. The Kier molecular flexibility index (Phi) is 9.12. The number of hydrogen-bond donors (Lipinski definition) is 2. The van der Waals surface area contributed by atoms with Crippen molar-refractivity contribution in [1.82, 2.24) is 15.6 Å². The zero-order valence-electron chi connectivity index (χ0n) is 13.6. The number of thiazole rings is 1. The minimum absolute atomic E-state index is 0. The summed E-state index contributed by atoms with van der Waals surface area (Å²) >= 11 is 1.60. The van der Waals surface area contributed by atoms with Crippen LogP contribution in [0.3, 0.4) is 0 Å². The standard InChI is InChI=1S/C16H20F2N4S.HI/c1-3-19-16(22-10-15-21-9-11(2)23-15)20-8-7-12-13(17)5-4-6-14(12)18;/h4-6,9H,3,7-8,10H2,1-2H3,(H2,19,20,22);1H. The molecule has 0 aliphatic heterocycles. The molecular weight excluding hydrogens is 445 g/mol. The smallest absolute Gasteiger partial charge is 0.191 e. The molecule has 0 spiro atoms. The van der Waals surface area contributed by atoms with Gasteiger partial charge in [0.15, 0.2) is 5.96 Å². The molecule has 0 bridgehead atoms. The first-order valence-corrected chi connectivity index (χ1v) is 8.28. The van der Waals surface area contributed by atoms with E-state index >= 15 is 0 Å². The van der Waals surface area contributed by atoms with E-state index in [0.717, 1.165) is 9.88 Å². The third kappa shape index (κ3) is 6.31. The second kappa shape index (κ2) is 10.5. The van der Waals surface area contributed by atoms with Crippen LogP contribution in [0.5, 0.6) is 0 Å². The highest BCUT2D eigenvalue weighted by Crippen LogP contribution is 2.13. The number of aliphatic imine (C=N–C) groups is 1. The van der Waals surface area contributed by atoms with Gasteiger partial charge in [0.05, 0.1) is 6.54 Å². The summed E-state index contributed by atoms with van der Waals surface area (Å²) in [6.07, 6.45) is 2.07. The Hall–Kier alpha value is -1.29. The SMILES string of the molecule is CCNC(=NCc1ncc(C)s1)NCCc1c(F)cccc1F.I. The van der Waals surface area contributed by atoms with Crippen LogP contribution in [0.15, 0.2) is 29.4 Å². The molecule has 0 saturated carbocycles. The van der Waals surface area contributed by atoms with E-state index in [-0.39, 0.29) is 36.0 Å². The van der Waals surface area contributed by atoms with Crippen LogP contribution in [0.2, 0.25) is 0 Å². The number of halogens is 3. The Morgan fingerprint density at radius 3 is 2.54 bits per heavy atom. The predicted molar refractivity (Wildman–Crippen MR) is 105 cm³/mol. The summed E-state index contributed by atoms with van der Waals surface area (Å²) in [6, 6.07) is 3.90. The fourth-order valence-corrected chi connectivity index (χ4v) is 2.75. The first kappa shape index (κ1) is 20.8. The number of guanidine groups is 1. The molecule has 24 heavy (non-hydrogen) atoms. The van der Waals surface area contributed by atoms with Gasteiger partial charge >= 0.3 is 0 Å². The van der Waals surface area contributed by atoms with E-state index < -0.39 is 11.6 Å². The van der Waals surface area contributed by atoms with Gasteiger partial charge < -0.3 is 10.6 Å². The van der Waals surface area contributed by atoms with Crippen LogP contribution in [0, 0.1) is 18.6 Å². The number of rotatable bonds is 6. The molecule has 2 aromatic rings. The maximum absolute atomic E-state index is 13.6. The highest BCUT2D eigenvalue weighted by atomic mass is 127. The number of aromatic nitrogens is 1. The first-order chi connectivity index (χ1) is 11.1. The van der Waals surface area contributed by atoms with Crippen molar-refractivity contribution < 1.29 is 8.78 Å². The van der Waals surface area contributed by atoms with Gasteiger partial charge in [0.1, 0.15) is 16.6 Å². The maximum Gasteiger partial charge on any atom is 0.191 e. The summed E-state index contributed by atoms with van der Waals surface area (Å²) < 4.78 is 27.1. The Labute approximate surface area is 161 Å². The van der Waals surface area contributed by atoms with E-state index in [2.05, 4.69) is 20.6 Å². The van der Waals surface area contributed by atoms with E-state index in [9.17, 15) is 8.78 Å². The molecule has 0 radical (unpaired) electrons. The van der Waals surface area contributed by atoms with Gasteiger partial charge in [-0.25, -0.2) is 18.8 Å². The van der Waals surface area contributed by atoms with Crippen molar-refractivity contribution in [2.45, 2.75) is 26.8 Å². The quantitative estimate of drug-likeness (QED) is 0.389. The molecule has 0 atom stereocenters. The van der Waals surface area contributed by atoms with E-state index in [1.54, 1.807) is 11.3 Å². The largest absolute Gasteiger partial charge is 0.357 e. The topological polar surface area (TPSA) is 49.3 Å². The minimum Gasteiger partial charge on any atom is -0.357 e. The van der Waals surface area contributed by atoms with Crippen LogP contribution >= 0.6 is 35.3 Å². The fraction of sp³-hybridized carbons (Fsp3) is 0.375. The number of hydrogen-bond acceptors (Lipinski definition) is 3. The third-order valence-electron chi connectivity index (χ3n) is 3.11. The average molecular weight is 466 g/mol. The number of benzene rings is 1. The zero-order chi connectivity index (χ0) is 16.7. The van der Waals surface area contributed by atoms with Crippen molar-refractivity contribution >= 4 is 41.3 Å². The Bertz CT molecular complexity index is 656. The molecule has 8 heteroatoms. The summed E-state index contributed by atoms with van der Waals surface area (Å²) in [4.78, 5) is 9.83. The Morgan fingerprint density at radius 1 is 1.25 bits per heavy atom. The molecule has 0 amide bonds. The van der Waals surface area contributed by atoms with Crippen LogP contribution in [0.4, 0.5) is 8.78 Å². The average Bonchev–Trinajstić information content (AvgIpc) is 2.93. The number of nitrogens with zero attached hydrogens (tertiary/aromatic N) is 2. The lowest BCUT2D eigenvalue weighted by Gasteiger charge is -2.11. The Balaban J connectivity index is 0.00000288. The number of nitrogens with one attached hydrogen (secondary N) is 2. The second-order valence-electron chi connectivity index (χ2n) is 4.94. The molecule has 0 fully saturated rings. The number of aryl methyl sites for hydroxylation is 1. The first-order valence-electron chi connectivity index (χ1n) is 7.46. The highest BCUT2D eigenvalue weighted by Gasteiger charge is 2.08. The van der Waals surface area contributed by atoms with E-state index in [0.29, 0.717) is 25.6 Å². The van der Waals surface area contributed by atoms with Crippen molar-refractivity contribution in [2.75, 3.05) is 13.1 Å².